The number of para-hydroxylation sites is 1. The Hall–Kier alpha value is -3.81. The van der Waals surface area contributed by atoms with E-state index >= 15 is 0 Å². The maximum absolute atomic E-state index is 12.5. The Morgan fingerprint density at radius 3 is 2.24 bits per heavy atom. The second-order valence-corrected chi connectivity index (χ2v) is 6.68. The molecule has 3 N–H and O–H groups in total. The molecule has 0 spiro atoms. The lowest BCUT2D eigenvalue weighted by Gasteiger charge is -2.14. The number of urea groups is 1. The van der Waals surface area contributed by atoms with Crippen molar-refractivity contribution in [2.45, 2.75) is 13.5 Å². The molecule has 2 aromatic carbocycles. The van der Waals surface area contributed by atoms with Gasteiger partial charge in [0.05, 0.1) is 5.69 Å². The van der Waals surface area contributed by atoms with Crippen LogP contribution in [0.2, 0.25) is 0 Å². The number of benzene rings is 2. The summed E-state index contributed by atoms with van der Waals surface area (Å²) in [5, 5.41) is 5.95. The molecule has 0 bridgehead atoms. The molecule has 0 radical (unpaired) electrons. The van der Waals surface area contributed by atoms with Gasteiger partial charge < -0.3 is 15.5 Å². The lowest BCUT2D eigenvalue weighted by molar-refractivity contribution is 0.0821. The van der Waals surface area contributed by atoms with Gasteiger partial charge in [0.25, 0.3) is 5.91 Å². The van der Waals surface area contributed by atoms with E-state index in [1.165, 1.54) is 9.58 Å². The number of amides is 3. The van der Waals surface area contributed by atoms with Crippen LogP contribution in [0.1, 0.15) is 21.7 Å². The number of aromatic nitrogens is 2. The highest BCUT2D eigenvalue weighted by Gasteiger charge is 2.22. The number of nitrogens with one attached hydrogen (secondary N) is 3. The largest absolute Gasteiger partial charge is 0.350 e. The van der Waals surface area contributed by atoms with E-state index in [0.29, 0.717) is 23.9 Å². The van der Waals surface area contributed by atoms with E-state index in [1.54, 1.807) is 33.2 Å². The van der Waals surface area contributed by atoms with Crippen molar-refractivity contribution in [1.82, 2.24) is 14.6 Å². The number of nitrogens with zero attached hydrogens (tertiary/aromatic N) is 3. The SMILES string of the molecule is Cc1c(C(=O)N(C)C)nc(NCc2ccccc2)n1NC(=O)Nc1ccccc1. The average Bonchev–Trinajstić information content (AvgIpc) is 3.02. The van der Waals surface area contributed by atoms with Crippen LogP contribution in [0.4, 0.5) is 16.4 Å². The molecule has 0 unspecified atom stereocenters. The van der Waals surface area contributed by atoms with E-state index in [1.807, 2.05) is 48.5 Å². The molecule has 8 nitrogen and oxygen atoms in total. The Morgan fingerprint density at radius 1 is 1.00 bits per heavy atom. The van der Waals surface area contributed by atoms with E-state index in [2.05, 4.69) is 21.0 Å². The number of hydrogen-bond donors (Lipinski definition) is 3. The summed E-state index contributed by atoms with van der Waals surface area (Å²) in [7, 11) is 3.32. The lowest BCUT2D eigenvalue weighted by atomic mass is 10.2. The fraction of sp³-hybridized carbons (Fsp3) is 0.190. The van der Waals surface area contributed by atoms with Gasteiger partial charge in [0.15, 0.2) is 5.69 Å². The highest BCUT2D eigenvalue weighted by molar-refractivity contribution is 5.97. The molecule has 1 heterocycles. The Balaban J connectivity index is 1.84. The average molecular weight is 392 g/mol. The quantitative estimate of drug-likeness (QED) is 0.600. The maximum Gasteiger partial charge on any atom is 0.338 e. The van der Waals surface area contributed by atoms with E-state index in [0.717, 1.165) is 5.56 Å². The van der Waals surface area contributed by atoms with E-state index in [4.69, 9.17) is 0 Å². The van der Waals surface area contributed by atoms with Crippen LogP contribution in [0, 0.1) is 6.92 Å². The number of anilines is 2. The predicted molar refractivity (Wildman–Crippen MR) is 114 cm³/mol. The van der Waals surface area contributed by atoms with Gasteiger partial charge in [-0.05, 0) is 24.6 Å². The van der Waals surface area contributed by atoms with E-state index < -0.39 is 6.03 Å². The zero-order valence-electron chi connectivity index (χ0n) is 16.6. The highest BCUT2D eigenvalue weighted by atomic mass is 16.2. The van der Waals surface area contributed by atoms with Gasteiger partial charge in [-0.2, -0.15) is 0 Å². The first-order valence-corrected chi connectivity index (χ1v) is 9.17. The normalized spacial score (nSPS) is 10.3. The second kappa shape index (κ2) is 8.92. The van der Waals surface area contributed by atoms with Crippen molar-refractivity contribution < 1.29 is 9.59 Å². The first-order valence-electron chi connectivity index (χ1n) is 9.17. The van der Waals surface area contributed by atoms with Gasteiger partial charge in [0.2, 0.25) is 5.95 Å². The van der Waals surface area contributed by atoms with Crippen LogP contribution in [0.5, 0.6) is 0 Å². The molecule has 0 aliphatic carbocycles. The van der Waals surface area contributed by atoms with Crippen molar-refractivity contribution >= 4 is 23.6 Å². The number of hydrogen-bond acceptors (Lipinski definition) is 4. The topological polar surface area (TPSA) is 91.3 Å². The van der Waals surface area contributed by atoms with Gasteiger partial charge in [-0.3, -0.25) is 4.79 Å². The standard InChI is InChI=1S/C21H24N6O2/c1-15-18(19(28)26(2)3)24-20(22-14-16-10-6-4-7-11-16)27(15)25-21(29)23-17-12-8-5-9-13-17/h4-13H,14H2,1-3H3,(H,22,24)(H2,23,25,29). The van der Waals surface area contributed by atoms with Crippen molar-refractivity contribution in [2.24, 2.45) is 0 Å². The van der Waals surface area contributed by atoms with Gasteiger partial charge in [0, 0.05) is 26.3 Å². The van der Waals surface area contributed by atoms with Gasteiger partial charge >= 0.3 is 6.03 Å². The molecule has 0 saturated carbocycles. The van der Waals surface area contributed by atoms with Gasteiger partial charge in [-0.1, -0.05) is 48.5 Å². The van der Waals surface area contributed by atoms with Gasteiger partial charge in [-0.15, -0.1) is 0 Å². The third kappa shape index (κ3) is 4.92. The predicted octanol–water partition coefficient (Wildman–Crippen LogP) is 3.28. The van der Waals surface area contributed by atoms with Crippen molar-refractivity contribution in [3.8, 4) is 0 Å². The monoisotopic (exact) mass is 392 g/mol. The second-order valence-electron chi connectivity index (χ2n) is 6.68. The minimum atomic E-state index is -0.441. The Morgan fingerprint density at radius 2 is 1.62 bits per heavy atom. The molecule has 8 heteroatoms. The fourth-order valence-electron chi connectivity index (χ4n) is 2.73. The molecule has 0 atom stereocenters. The molecule has 3 aromatic rings. The Labute approximate surface area is 169 Å². The minimum Gasteiger partial charge on any atom is -0.350 e. The number of carbonyl (C=O) groups excluding carboxylic acids is 2. The summed E-state index contributed by atoms with van der Waals surface area (Å²) in [6.07, 6.45) is 0. The molecule has 0 saturated heterocycles. The first kappa shape index (κ1) is 19.9. The Bertz CT molecular complexity index is 983. The summed E-state index contributed by atoms with van der Waals surface area (Å²) in [6.45, 7) is 2.23. The summed E-state index contributed by atoms with van der Waals surface area (Å²) in [5.74, 6) is 0.133. The Kier molecular flexibility index (Phi) is 6.13. The summed E-state index contributed by atoms with van der Waals surface area (Å²) in [4.78, 5) is 30.8. The van der Waals surface area contributed by atoms with Crippen molar-refractivity contribution in [2.75, 3.05) is 30.2 Å². The van der Waals surface area contributed by atoms with Gasteiger partial charge in [0.1, 0.15) is 0 Å². The van der Waals surface area contributed by atoms with Crippen LogP contribution in [-0.2, 0) is 6.54 Å². The summed E-state index contributed by atoms with van der Waals surface area (Å²) < 4.78 is 1.48. The molecule has 3 rings (SSSR count). The van der Waals surface area contributed by atoms with E-state index in [-0.39, 0.29) is 11.6 Å². The first-order chi connectivity index (χ1) is 14.0. The number of imidazole rings is 1. The molecule has 0 fully saturated rings. The summed E-state index contributed by atoms with van der Waals surface area (Å²) in [6, 6.07) is 18.5. The van der Waals surface area contributed by atoms with Crippen LogP contribution >= 0.6 is 0 Å². The van der Waals surface area contributed by atoms with Gasteiger partial charge in [-0.25, -0.2) is 19.9 Å². The smallest absolute Gasteiger partial charge is 0.338 e. The van der Waals surface area contributed by atoms with Crippen LogP contribution in [0.25, 0.3) is 0 Å². The van der Waals surface area contributed by atoms with Crippen molar-refractivity contribution in [1.29, 1.82) is 0 Å². The van der Waals surface area contributed by atoms with E-state index in [9.17, 15) is 9.59 Å². The molecular weight excluding hydrogens is 368 g/mol. The molecule has 1 aromatic heterocycles. The molecule has 0 aliphatic rings. The van der Waals surface area contributed by atoms with Crippen LogP contribution in [0.15, 0.2) is 60.7 Å². The molecule has 150 valence electrons. The minimum absolute atomic E-state index is 0.241. The third-order valence-corrected chi connectivity index (χ3v) is 4.25. The lowest BCUT2D eigenvalue weighted by Crippen LogP contribution is -2.30. The summed E-state index contributed by atoms with van der Waals surface area (Å²) >= 11 is 0. The number of rotatable bonds is 6. The number of carbonyl (C=O) groups is 2. The van der Waals surface area contributed by atoms with Crippen molar-refractivity contribution in [3.05, 3.63) is 77.6 Å². The molecule has 3 amide bonds. The zero-order valence-corrected chi connectivity index (χ0v) is 16.6. The summed E-state index contributed by atoms with van der Waals surface area (Å²) in [5.41, 5.74) is 5.26. The van der Waals surface area contributed by atoms with Crippen LogP contribution in [-0.4, -0.2) is 40.6 Å². The third-order valence-electron chi connectivity index (χ3n) is 4.25. The molecule has 29 heavy (non-hydrogen) atoms. The maximum atomic E-state index is 12.5. The fourth-order valence-corrected chi connectivity index (χ4v) is 2.73. The highest BCUT2D eigenvalue weighted by Crippen LogP contribution is 2.17. The molecular formula is C21H24N6O2. The molecule has 0 aliphatic heterocycles. The van der Waals surface area contributed by atoms with Crippen molar-refractivity contribution in [3.63, 3.8) is 0 Å². The van der Waals surface area contributed by atoms with Crippen LogP contribution < -0.4 is 16.1 Å². The zero-order chi connectivity index (χ0) is 20.8. The van der Waals surface area contributed by atoms with Crippen LogP contribution in [0.3, 0.4) is 0 Å².